The van der Waals surface area contributed by atoms with E-state index < -0.39 is 33.3 Å². The molecule has 14 nitrogen and oxygen atoms in total. The lowest BCUT2D eigenvalue weighted by Crippen LogP contribution is -2.52. The summed E-state index contributed by atoms with van der Waals surface area (Å²) in [5, 5.41) is 5.44. The lowest BCUT2D eigenvalue weighted by atomic mass is 9.92. The standard InChI is InChI=1S/C44H53F2N7O7S2/c45-44(46)18-16-29(17-19-44)52-24-33(27-8-6-9-28(22-27)41(48)61)30-12-13-35(47)32(40(30)52)23-50-62(58,59)21-5-3-1-2-4-20-49-39(55)26-60-37-11-7-10-31-34(37)25-53(43(31)57)36-14-15-38(54)51-42(36)56/h6-13,22,24,29,36,41,50,61H,1-5,14-21,23,25-26,47-48H2,(H,49,55)(H,51,54,56). The number of piperidine rings is 1. The van der Waals surface area contributed by atoms with E-state index in [0.29, 0.717) is 53.9 Å². The second-order valence-electron chi connectivity index (χ2n) is 16.4. The first-order valence-corrected chi connectivity index (χ1v) is 23.2. The molecule has 0 radical (unpaired) electrons. The summed E-state index contributed by atoms with van der Waals surface area (Å²) in [5.41, 5.74) is 17.8. The minimum absolute atomic E-state index is 0.0610. The molecule has 332 valence electrons. The van der Waals surface area contributed by atoms with E-state index in [2.05, 4.69) is 28.0 Å². The smallest absolute Gasteiger partial charge is 0.257 e. The van der Waals surface area contributed by atoms with Gasteiger partial charge in [0.05, 0.1) is 23.2 Å². The Bertz CT molecular complexity index is 2450. The van der Waals surface area contributed by atoms with Crippen molar-refractivity contribution in [3.8, 4) is 16.9 Å². The fraction of sp³-hybridized carbons (Fsp3) is 0.455. The molecule has 7 N–H and O–H groups in total. The van der Waals surface area contributed by atoms with Crippen molar-refractivity contribution in [2.75, 3.05) is 24.6 Å². The molecule has 2 fully saturated rings. The summed E-state index contributed by atoms with van der Waals surface area (Å²) < 4.78 is 65.5. The Balaban J connectivity index is 0.868. The van der Waals surface area contributed by atoms with Crippen molar-refractivity contribution >= 4 is 62.9 Å². The van der Waals surface area contributed by atoms with Gasteiger partial charge in [0.1, 0.15) is 11.8 Å². The number of hydrogen-bond acceptors (Lipinski definition) is 10. The first kappa shape index (κ1) is 45.0. The second-order valence-corrected chi connectivity index (χ2v) is 18.8. The van der Waals surface area contributed by atoms with Gasteiger partial charge in [0, 0.05) is 77.9 Å². The number of aromatic nitrogens is 1. The normalized spacial score (nSPS) is 18.5. The number of hydrogen-bond donors (Lipinski definition) is 6. The van der Waals surface area contributed by atoms with E-state index in [1.165, 1.54) is 4.90 Å². The third kappa shape index (κ3) is 10.4. The molecule has 18 heteroatoms. The van der Waals surface area contributed by atoms with Crippen molar-refractivity contribution in [2.45, 2.75) is 107 Å². The number of sulfonamides is 1. The molecule has 2 atom stereocenters. The fourth-order valence-electron chi connectivity index (χ4n) is 8.65. The maximum atomic E-state index is 14.2. The lowest BCUT2D eigenvalue weighted by molar-refractivity contribution is -0.137. The number of thiol groups is 1. The molecule has 3 aliphatic rings. The summed E-state index contributed by atoms with van der Waals surface area (Å²) >= 11 is 4.39. The third-order valence-corrected chi connectivity index (χ3v) is 13.7. The van der Waals surface area contributed by atoms with Crippen molar-refractivity contribution < 1.29 is 41.1 Å². The van der Waals surface area contributed by atoms with Gasteiger partial charge < -0.3 is 31.0 Å². The molecule has 0 spiro atoms. The van der Waals surface area contributed by atoms with Gasteiger partial charge in [0.25, 0.3) is 11.8 Å². The molecular formula is C44H53F2N7O7S2. The first-order valence-electron chi connectivity index (χ1n) is 21.1. The van der Waals surface area contributed by atoms with Gasteiger partial charge in [-0.1, -0.05) is 49.6 Å². The molecular weight excluding hydrogens is 841 g/mol. The summed E-state index contributed by atoms with van der Waals surface area (Å²) in [5.74, 6) is -3.96. The van der Waals surface area contributed by atoms with Gasteiger partial charge in [0.2, 0.25) is 27.8 Å². The zero-order valence-electron chi connectivity index (χ0n) is 34.3. The molecule has 1 aromatic heterocycles. The van der Waals surface area contributed by atoms with E-state index in [0.717, 1.165) is 40.4 Å². The number of carbonyl (C=O) groups is 4. The van der Waals surface area contributed by atoms with Gasteiger partial charge in [-0.15, -0.1) is 0 Å². The molecule has 1 aliphatic carbocycles. The minimum atomic E-state index is -3.70. The number of unbranched alkanes of at least 4 members (excludes halogenated alkanes) is 4. The first-order chi connectivity index (χ1) is 29.6. The number of amides is 4. The van der Waals surface area contributed by atoms with E-state index >= 15 is 0 Å². The molecule has 1 saturated carbocycles. The average molecular weight is 894 g/mol. The van der Waals surface area contributed by atoms with E-state index in [9.17, 15) is 36.4 Å². The predicted molar refractivity (Wildman–Crippen MR) is 235 cm³/mol. The molecule has 2 unspecified atom stereocenters. The van der Waals surface area contributed by atoms with Crippen LogP contribution in [0, 0.1) is 0 Å². The van der Waals surface area contributed by atoms with Crippen LogP contribution < -0.4 is 31.6 Å². The highest BCUT2D eigenvalue weighted by atomic mass is 32.2. The number of benzene rings is 3. The van der Waals surface area contributed by atoms with Crippen LogP contribution in [0.2, 0.25) is 0 Å². The Morgan fingerprint density at radius 3 is 2.48 bits per heavy atom. The monoisotopic (exact) mass is 893 g/mol. The zero-order valence-corrected chi connectivity index (χ0v) is 36.0. The summed E-state index contributed by atoms with van der Waals surface area (Å²) in [7, 11) is -3.70. The number of rotatable bonds is 18. The number of ether oxygens (including phenoxy) is 1. The summed E-state index contributed by atoms with van der Waals surface area (Å²) in [6.45, 7) is 0.215. The van der Waals surface area contributed by atoms with Crippen molar-refractivity contribution in [2.24, 2.45) is 5.73 Å². The van der Waals surface area contributed by atoms with Gasteiger partial charge in [-0.25, -0.2) is 21.9 Å². The number of imide groups is 1. The quantitative estimate of drug-likeness (QED) is 0.0232. The summed E-state index contributed by atoms with van der Waals surface area (Å²) in [6.07, 6.45) is 5.74. The molecule has 3 heterocycles. The number of alkyl halides is 2. The van der Waals surface area contributed by atoms with Crippen LogP contribution in [0.15, 0.2) is 60.8 Å². The predicted octanol–water partition coefficient (Wildman–Crippen LogP) is 5.85. The minimum Gasteiger partial charge on any atom is -0.483 e. The van der Waals surface area contributed by atoms with E-state index in [1.54, 1.807) is 24.3 Å². The Morgan fingerprint density at radius 1 is 0.984 bits per heavy atom. The van der Waals surface area contributed by atoms with Crippen molar-refractivity contribution in [3.05, 3.63) is 83.0 Å². The average Bonchev–Trinajstić information content (AvgIpc) is 3.79. The van der Waals surface area contributed by atoms with Gasteiger partial charge in [0.15, 0.2) is 6.61 Å². The number of carbonyl (C=O) groups excluding carboxylic acids is 4. The molecule has 2 aliphatic heterocycles. The van der Waals surface area contributed by atoms with Crippen molar-refractivity contribution in [3.63, 3.8) is 0 Å². The molecule has 3 aromatic carbocycles. The van der Waals surface area contributed by atoms with Crippen LogP contribution in [0.4, 0.5) is 14.5 Å². The Labute approximate surface area is 364 Å². The molecule has 4 aromatic rings. The highest BCUT2D eigenvalue weighted by Gasteiger charge is 2.40. The van der Waals surface area contributed by atoms with Gasteiger partial charge in [-0.2, -0.15) is 12.6 Å². The van der Waals surface area contributed by atoms with E-state index in [4.69, 9.17) is 16.2 Å². The largest absolute Gasteiger partial charge is 0.483 e. The number of fused-ring (bicyclic) bond motifs is 2. The topological polar surface area (TPSA) is 208 Å². The second kappa shape index (κ2) is 19.1. The SMILES string of the molecule is Nc1ccc2c(-c3cccc(C(N)S)c3)cn(C3CCC(F)(F)CC3)c2c1CNS(=O)(=O)CCCCCCCNC(=O)COc1cccc2c1CN(C1CCC(=O)NC1=O)C2=O. The van der Waals surface area contributed by atoms with Crippen LogP contribution in [0.3, 0.4) is 0 Å². The number of nitrogen functional groups attached to an aromatic ring is 1. The van der Waals surface area contributed by atoms with Crippen LogP contribution in [-0.4, -0.2) is 72.4 Å². The summed E-state index contributed by atoms with van der Waals surface area (Å²) in [4.78, 5) is 51.0. The van der Waals surface area contributed by atoms with Gasteiger partial charge in [-0.05, 0) is 67.5 Å². The van der Waals surface area contributed by atoms with Crippen LogP contribution in [0.1, 0.15) is 109 Å². The van der Waals surface area contributed by atoms with E-state index in [-0.39, 0.29) is 87.7 Å². The van der Waals surface area contributed by atoms with Crippen LogP contribution >= 0.6 is 12.6 Å². The van der Waals surface area contributed by atoms with Crippen LogP contribution in [0.25, 0.3) is 22.0 Å². The molecule has 4 amide bonds. The molecule has 1 saturated heterocycles. The van der Waals surface area contributed by atoms with Gasteiger partial charge >= 0.3 is 0 Å². The number of nitrogens with one attached hydrogen (secondary N) is 3. The Hall–Kier alpha value is -5.04. The summed E-state index contributed by atoms with van der Waals surface area (Å²) in [6, 6.07) is 15.3. The highest BCUT2D eigenvalue weighted by molar-refractivity contribution is 7.89. The van der Waals surface area contributed by atoms with Gasteiger partial charge in [-0.3, -0.25) is 24.5 Å². The fourth-order valence-corrected chi connectivity index (χ4v) is 9.90. The molecule has 0 bridgehead atoms. The Morgan fingerprint density at radius 2 is 1.73 bits per heavy atom. The number of nitrogens with zero attached hydrogens (tertiary/aromatic N) is 2. The third-order valence-electron chi connectivity index (χ3n) is 12.0. The number of halogens is 2. The maximum absolute atomic E-state index is 14.2. The van der Waals surface area contributed by atoms with E-state index in [1.807, 2.05) is 41.1 Å². The van der Waals surface area contributed by atoms with Crippen LogP contribution in [0.5, 0.6) is 5.75 Å². The Kier molecular flexibility index (Phi) is 13.9. The van der Waals surface area contributed by atoms with Crippen molar-refractivity contribution in [1.29, 1.82) is 0 Å². The van der Waals surface area contributed by atoms with Crippen molar-refractivity contribution in [1.82, 2.24) is 24.8 Å². The number of nitrogens with two attached hydrogens (primary N) is 2. The van der Waals surface area contributed by atoms with Crippen LogP contribution in [-0.2, 0) is 37.5 Å². The lowest BCUT2D eigenvalue weighted by Gasteiger charge is -2.30. The number of anilines is 1. The highest BCUT2D eigenvalue weighted by Crippen LogP contribution is 2.44. The maximum Gasteiger partial charge on any atom is 0.257 e. The molecule has 7 rings (SSSR count). The molecule has 62 heavy (non-hydrogen) atoms. The zero-order chi connectivity index (χ0) is 44.2.